The van der Waals surface area contributed by atoms with E-state index in [9.17, 15) is 13.2 Å². The number of carbonyl (C=O) groups excluding carboxylic acids is 1. The Hall–Kier alpha value is -1.60. The summed E-state index contributed by atoms with van der Waals surface area (Å²) in [5.41, 5.74) is 1.86. The number of hydrogen-bond acceptors (Lipinski definition) is 4. The lowest BCUT2D eigenvalue weighted by Crippen LogP contribution is -2.45. The molecule has 0 radical (unpaired) electrons. The number of nitrogens with one attached hydrogen (secondary N) is 1. The van der Waals surface area contributed by atoms with Gasteiger partial charge in [-0.2, -0.15) is 0 Å². The molecular weight excluding hydrogens is 326 g/mol. The van der Waals surface area contributed by atoms with E-state index in [1.54, 1.807) is 12.1 Å². The van der Waals surface area contributed by atoms with Crippen LogP contribution in [0.2, 0.25) is 0 Å². The summed E-state index contributed by atoms with van der Waals surface area (Å²) in [5, 5.41) is 8.34. The van der Waals surface area contributed by atoms with Crippen molar-refractivity contribution in [3.63, 3.8) is 0 Å². The van der Waals surface area contributed by atoms with Gasteiger partial charge in [-0.15, -0.1) is 0 Å². The Morgan fingerprint density at radius 2 is 2.08 bits per heavy atom. The molecule has 1 heterocycles. The smallest absolute Gasteiger partial charge is 0.239 e. The van der Waals surface area contributed by atoms with Crippen LogP contribution in [0.15, 0.2) is 23.1 Å². The van der Waals surface area contributed by atoms with Crippen molar-refractivity contribution in [1.82, 2.24) is 5.32 Å². The largest absolute Gasteiger partial charge is 0.362 e. The molecule has 0 saturated heterocycles. The second-order valence-corrected chi connectivity index (χ2v) is 8.50. The van der Waals surface area contributed by atoms with Crippen LogP contribution in [0.4, 0.5) is 5.69 Å². The molecule has 6 nitrogen and oxygen atoms in total. The first-order valence-corrected chi connectivity index (χ1v) is 10.1. The maximum Gasteiger partial charge on any atom is 0.239 e. The van der Waals surface area contributed by atoms with Crippen LogP contribution in [0.5, 0.6) is 0 Å². The van der Waals surface area contributed by atoms with E-state index < -0.39 is 10.0 Å². The van der Waals surface area contributed by atoms with E-state index >= 15 is 0 Å². The van der Waals surface area contributed by atoms with Crippen LogP contribution in [0.1, 0.15) is 38.2 Å². The Morgan fingerprint density at radius 1 is 1.33 bits per heavy atom. The fourth-order valence-electron chi connectivity index (χ4n) is 3.74. The summed E-state index contributed by atoms with van der Waals surface area (Å²) < 4.78 is 22.9. The second kappa shape index (κ2) is 6.72. The monoisotopic (exact) mass is 351 g/mol. The van der Waals surface area contributed by atoms with Gasteiger partial charge >= 0.3 is 0 Å². The third-order valence-corrected chi connectivity index (χ3v) is 6.07. The second-order valence-electron chi connectivity index (χ2n) is 6.94. The van der Waals surface area contributed by atoms with Crippen LogP contribution in [0, 0.1) is 5.92 Å². The van der Waals surface area contributed by atoms with Crippen molar-refractivity contribution in [3.8, 4) is 0 Å². The van der Waals surface area contributed by atoms with Crippen LogP contribution in [0.25, 0.3) is 0 Å². The zero-order valence-electron chi connectivity index (χ0n) is 14.0. The number of nitrogens with two attached hydrogens (primary N) is 1. The van der Waals surface area contributed by atoms with Crippen molar-refractivity contribution < 1.29 is 13.2 Å². The van der Waals surface area contributed by atoms with Crippen molar-refractivity contribution in [2.24, 2.45) is 11.1 Å². The van der Waals surface area contributed by atoms with E-state index in [1.807, 2.05) is 4.90 Å². The van der Waals surface area contributed by atoms with Gasteiger partial charge in [0.1, 0.15) is 0 Å². The topological polar surface area (TPSA) is 92.5 Å². The Labute approximate surface area is 143 Å². The lowest BCUT2D eigenvalue weighted by molar-refractivity contribution is -0.121. The Kier molecular flexibility index (Phi) is 4.83. The Balaban J connectivity index is 1.65. The molecule has 24 heavy (non-hydrogen) atoms. The average molecular weight is 351 g/mol. The summed E-state index contributed by atoms with van der Waals surface area (Å²) in [5.74, 6) is 0.572. The summed E-state index contributed by atoms with van der Waals surface area (Å²) in [7, 11) is -3.69. The van der Waals surface area contributed by atoms with Gasteiger partial charge in [-0.1, -0.05) is 19.8 Å². The van der Waals surface area contributed by atoms with E-state index in [4.69, 9.17) is 5.14 Å². The van der Waals surface area contributed by atoms with E-state index in [0.29, 0.717) is 12.5 Å². The molecule has 2 unspecified atom stereocenters. The third-order valence-electron chi connectivity index (χ3n) is 5.16. The maximum atomic E-state index is 12.4. The first-order valence-electron chi connectivity index (χ1n) is 8.54. The van der Waals surface area contributed by atoms with Gasteiger partial charge in [0.2, 0.25) is 15.9 Å². The highest BCUT2D eigenvalue weighted by Crippen LogP contribution is 2.30. The number of fused-ring (bicyclic) bond motifs is 1. The number of carbonyl (C=O) groups is 1. The molecule has 1 amide bonds. The van der Waals surface area contributed by atoms with Crippen molar-refractivity contribution in [3.05, 3.63) is 23.8 Å². The fraction of sp³-hybridized carbons (Fsp3) is 0.588. The standard InChI is InChI=1S/C17H25N3O3S/c1-12-4-2-3-5-15(12)19-17(21)11-20-9-8-13-10-14(24(18,22)23)6-7-16(13)20/h6-7,10,12,15H,2-5,8-9,11H2,1H3,(H,19,21)(H2,18,22,23). The molecule has 1 fully saturated rings. The lowest BCUT2D eigenvalue weighted by atomic mass is 9.86. The normalized spacial score (nSPS) is 23.8. The fourth-order valence-corrected chi connectivity index (χ4v) is 4.31. The van der Waals surface area contributed by atoms with Gasteiger partial charge in [0, 0.05) is 18.3 Å². The van der Waals surface area contributed by atoms with E-state index in [1.165, 1.54) is 25.3 Å². The van der Waals surface area contributed by atoms with E-state index in [2.05, 4.69) is 12.2 Å². The number of anilines is 1. The zero-order valence-corrected chi connectivity index (χ0v) is 14.8. The Bertz CT molecular complexity index is 733. The minimum Gasteiger partial charge on any atom is -0.362 e. The Morgan fingerprint density at radius 3 is 2.79 bits per heavy atom. The molecule has 1 aromatic rings. The van der Waals surface area contributed by atoms with Crippen LogP contribution >= 0.6 is 0 Å². The van der Waals surface area contributed by atoms with Gasteiger partial charge in [0.15, 0.2) is 0 Å². The molecule has 3 rings (SSSR count). The van der Waals surface area contributed by atoms with Gasteiger partial charge in [-0.3, -0.25) is 4.79 Å². The zero-order chi connectivity index (χ0) is 17.3. The molecule has 1 aliphatic carbocycles. The van der Waals surface area contributed by atoms with E-state index in [0.717, 1.165) is 30.6 Å². The van der Waals surface area contributed by atoms with Crippen molar-refractivity contribution in [2.75, 3.05) is 18.0 Å². The molecular formula is C17H25N3O3S. The highest BCUT2D eigenvalue weighted by Gasteiger charge is 2.26. The first-order chi connectivity index (χ1) is 11.3. The van der Waals surface area contributed by atoms with Crippen molar-refractivity contribution in [1.29, 1.82) is 0 Å². The highest BCUT2D eigenvalue weighted by atomic mass is 32.2. The summed E-state index contributed by atoms with van der Waals surface area (Å²) in [6.07, 6.45) is 5.39. The molecule has 7 heteroatoms. The molecule has 0 aromatic heterocycles. The van der Waals surface area contributed by atoms with Crippen molar-refractivity contribution in [2.45, 2.75) is 50.0 Å². The minimum absolute atomic E-state index is 0.0390. The van der Waals surface area contributed by atoms with E-state index in [-0.39, 0.29) is 16.8 Å². The SMILES string of the molecule is CC1CCCCC1NC(=O)CN1CCc2cc(S(N)(=O)=O)ccc21. The number of amides is 1. The number of benzene rings is 1. The van der Waals surface area contributed by atoms with Gasteiger partial charge in [0.05, 0.1) is 11.4 Å². The van der Waals surface area contributed by atoms with Gasteiger partial charge < -0.3 is 10.2 Å². The number of rotatable bonds is 4. The number of sulfonamides is 1. The molecule has 3 N–H and O–H groups in total. The maximum absolute atomic E-state index is 12.4. The summed E-state index contributed by atoms with van der Waals surface area (Å²) in [6.45, 7) is 3.23. The molecule has 1 aromatic carbocycles. The minimum atomic E-state index is -3.69. The van der Waals surface area contributed by atoms with Crippen molar-refractivity contribution >= 4 is 21.6 Å². The average Bonchev–Trinajstić information content (AvgIpc) is 2.91. The number of primary sulfonamides is 1. The molecule has 2 atom stereocenters. The summed E-state index contributed by atoms with van der Waals surface area (Å²) >= 11 is 0. The molecule has 2 aliphatic rings. The van der Waals surface area contributed by atoms with Gasteiger partial charge in [-0.05, 0) is 48.9 Å². The molecule has 1 aliphatic heterocycles. The molecule has 0 spiro atoms. The summed E-state index contributed by atoms with van der Waals surface area (Å²) in [4.78, 5) is 14.5. The van der Waals surface area contributed by atoms with Gasteiger partial charge in [-0.25, -0.2) is 13.6 Å². The predicted molar refractivity (Wildman–Crippen MR) is 93.3 cm³/mol. The third kappa shape index (κ3) is 3.72. The quantitative estimate of drug-likeness (QED) is 0.857. The lowest BCUT2D eigenvalue weighted by Gasteiger charge is -2.30. The summed E-state index contributed by atoms with van der Waals surface area (Å²) in [6, 6.07) is 5.15. The first kappa shape index (κ1) is 17.2. The van der Waals surface area contributed by atoms with Crippen LogP contribution in [-0.4, -0.2) is 33.5 Å². The highest BCUT2D eigenvalue weighted by molar-refractivity contribution is 7.89. The van der Waals surface area contributed by atoms with Crippen LogP contribution < -0.4 is 15.4 Å². The number of hydrogen-bond donors (Lipinski definition) is 2. The predicted octanol–water partition coefficient (Wildman–Crippen LogP) is 1.39. The molecule has 0 bridgehead atoms. The van der Waals surface area contributed by atoms with Crippen LogP contribution in [-0.2, 0) is 21.2 Å². The van der Waals surface area contributed by atoms with Crippen LogP contribution in [0.3, 0.4) is 0 Å². The molecule has 132 valence electrons. The molecule has 1 saturated carbocycles. The van der Waals surface area contributed by atoms with Gasteiger partial charge in [0.25, 0.3) is 0 Å². The number of nitrogens with zero attached hydrogens (tertiary/aromatic N) is 1.